The van der Waals surface area contributed by atoms with Gasteiger partial charge in [-0.1, -0.05) is 11.3 Å². The molecular weight excluding hydrogens is 478 g/mol. The molecule has 1 fully saturated rings. The van der Waals surface area contributed by atoms with Gasteiger partial charge in [0.2, 0.25) is 5.91 Å². The van der Waals surface area contributed by atoms with Crippen molar-refractivity contribution in [2.45, 2.75) is 22.5 Å². The highest BCUT2D eigenvalue weighted by atomic mass is 32.2. The number of β-lactam (4-membered cyclic amide) rings is 1. The molecule has 2 unspecified atom stereocenters. The molecule has 12 nitrogen and oxygen atoms in total. The van der Waals surface area contributed by atoms with Gasteiger partial charge in [0.25, 0.3) is 5.91 Å². The number of aromatic amines is 1. The number of rotatable bonds is 8. The molecule has 4 amide bonds. The van der Waals surface area contributed by atoms with Crippen molar-refractivity contribution in [2.75, 3.05) is 11.5 Å². The van der Waals surface area contributed by atoms with Gasteiger partial charge in [-0.05, 0) is 17.0 Å². The van der Waals surface area contributed by atoms with Crippen LogP contribution in [0, 0.1) is 0 Å². The number of thiophene rings is 1. The van der Waals surface area contributed by atoms with Crippen LogP contribution in [-0.2, 0) is 14.4 Å². The Kier molecular flexibility index (Phi) is 6.38. The first kappa shape index (κ1) is 22.2. The molecule has 2 aliphatic heterocycles. The molecule has 0 aliphatic carbocycles. The minimum atomic E-state index is -1.21. The van der Waals surface area contributed by atoms with Gasteiger partial charge in [-0.25, -0.2) is 9.59 Å². The number of thioether (sulfide) groups is 2. The summed E-state index contributed by atoms with van der Waals surface area (Å²) in [5, 5.41) is 26.6. The number of H-pyrrole nitrogens is 1. The predicted molar refractivity (Wildman–Crippen MR) is 117 cm³/mol. The first-order valence-electron chi connectivity index (χ1n) is 9.15. The number of carboxylic acid groups (broad SMARTS) is 1. The summed E-state index contributed by atoms with van der Waals surface area (Å²) in [5.74, 6) is -1.61. The number of nitrogens with two attached hydrogens (primary N) is 1. The molecule has 4 rings (SSSR count). The van der Waals surface area contributed by atoms with Gasteiger partial charge in [0.15, 0.2) is 0 Å². The number of hydrogen-bond donors (Lipinski definition) is 5. The van der Waals surface area contributed by atoms with E-state index in [9.17, 15) is 24.3 Å². The lowest BCUT2D eigenvalue weighted by Gasteiger charge is -2.49. The molecule has 0 radical (unpaired) electrons. The molecule has 0 spiro atoms. The normalized spacial score (nSPS) is 20.9. The molecule has 0 saturated carbocycles. The highest BCUT2D eigenvalue weighted by Crippen LogP contribution is 2.41. The number of carbonyl (C=O) groups excluding carboxylic acids is 3. The zero-order valence-corrected chi connectivity index (χ0v) is 18.6. The monoisotopic (exact) mass is 495 g/mol. The number of amides is 4. The van der Waals surface area contributed by atoms with Gasteiger partial charge in [0.05, 0.1) is 6.20 Å². The van der Waals surface area contributed by atoms with Crippen molar-refractivity contribution in [1.82, 2.24) is 30.9 Å². The Hall–Kier alpha value is -3.04. The number of nitrogens with zero attached hydrogens (tertiary/aromatic N) is 3. The summed E-state index contributed by atoms with van der Waals surface area (Å²) in [4.78, 5) is 50.7. The standard InChI is InChI=1S/C17H17N7O5S3/c18-17(29)21-10(8-2-1-3-30-8)13(25)20-11-14(26)24-12(16(27)28)7(6-32-15(11)24)5-31-9-4-19-23-22-9/h1-4,10-11,15H,5-6H2,(H,20,25)(H,27,28)(H3,18,21,29)(H,19,22,23)/t10?,11-,15?/m0/s1. The first-order valence-corrected chi connectivity index (χ1v) is 12.1. The van der Waals surface area contributed by atoms with Crippen LogP contribution in [0.2, 0.25) is 0 Å². The van der Waals surface area contributed by atoms with Crippen molar-refractivity contribution < 1.29 is 24.3 Å². The smallest absolute Gasteiger partial charge is 0.352 e. The van der Waals surface area contributed by atoms with Crippen LogP contribution in [0.25, 0.3) is 0 Å². The summed E-state index contributed by atoms with van der Waals surface area (Å²) in [6.07, 6.45) is 1.52. The van der Waals surface area contributed by atoms with Crippen molar-refractivity contribution >= 4 is 58.7 Å². The molecule has 3 atom stereocenters. The van der Waals surface area contributed by atoms with Crippen LogP contribution in [0.4, 0.5) is 4.79 Å². The van der Waals surface area contributed by atoms with E-state index in [4.69, 9.17) is 5.73 Å². The molecular formula is C17H17N7O5S3. The highest BCUT2D eigenvalue weighted by molar-refractivity contribution is 8.01. The van der Waals surface area contributed by atoms with E-state index < -0.39 is 41.3 Å². The Morgan fingerprint density at radius 1 is 1.44 bits per heavy atom. The van der Waals surface area contributed by atoms with E-state index in [2.05, 4.69) is 26.0 Å². The van der Waals surface area contributed by atoms with Crippen molar-refractivity contribution in [1.29, 1.82) is 0 Å². The maximum absolute atomic E-state index is 12.8. The van der Waals surface area contributed by atoms with Gasteiger partial charge < -0.3 is 21.5 Å². The van der Waals surface area contributed by atoms with Gasteiger partial charge in [-0.2, -0.15) is 0 Å². The number of urea groups is 1. The van der Waals surface area contributed by atoms with Crippen LogP contribution in [-0.4, -0.2) is 72.2 Å². The summed E-state index contributed by atoms with van der Waals surface area (Å²) < 4.78 is 0. The number of primary amides is 1. The lowest BCUT2D eigenvalue weighted by molar-refractivity contribution is -0.150. The molecule has 0 bridgehead atoms. The summed E-state index contributed by atoms with van der Waals surface area (Å²) in [5.41, 5.74) is 5.70. The Morgan fingerprint density at radius 2 is 2.25 bits per heavy atom. The zero-order valence-electron chi connectivity index (χ0n) is 16.2. The second kappa shape index (κ2) is 9.22. The van der Waals surface area contributed by atoms with Crippen molar-refractivity contribution in [3.8, 4) is 0 Å². The van der Waals surface area contributed by atoms with E-state index in [1.807, 2.05) is 0 Å². The van der Waals surface area contributed by atoms with Crippen LogP contribution in [0.5, 0.6) is 0 Å². The van der Waals surface area contributed by atoms with Crippen molar-refractivity contribution in [3.05, 3.63) is 39.9 Å². The van der Waals surface area contributed by atoms with E-state index >= 15 is 0 Å². The molecule has 0 aromatic carbocycles. The number of fused-ring (bicyclic) bond motifs is 1. The molecule has 2 aromatic heterocycles. The fourth-order valence-corrected chi connectivity index (χ4v) is 6.36. The van der Waals surface area contributed by atoms with Gasteiger partial charge >= 0.3 is 12.0 Å². The Bertz CT molecular complexity index is 1070. The number of aliphatic carboxylic acids is 1. The topological polar surface area (TPSA) is 183 Å². The number of aromatic nitrogens is 3. The third kappa shape index (κ3) is 4.31. The minimum Gasteiger partial charge on any atom is -0.477 e. The van der Waals surface area contributed by atoms with Gasteiger partial charge in [0.1, 0.15) is 28.2 Å². The second-order valence-corrected chi connectivity index (χ2v) is 9.82. The number of nitrogens with one attached hydrogen (secondary N) is 3. The minimum absolute atomic E-state index is 0.0747. The van der Waals surface area contributed by atoms with E-state index in [1.54, 1.807) is 17.5 Å². The summed E-state index contributed by atoms with van der Waals surface area (Å²) in [6.45, 7) is 0. The molecule has 15 heteroatoms. The maximum Gasteiger partial charge on any atom is 0.352 e. The van der Waals surface area contributed by atoms with Crippen LogP contribution < -0.4 is 16.4 Å². The molecule has 168 valence electrons. The number of hydrogen-bond acceptors (Lipinski definition) is 9. The molecule has 1 saturated heterocycles. The van der Waals surface area contributed by atoms with Crippen LogP contribution in [0.3, 0.4) is 0 Å². The quantitative estimate of drug-likeness (QED) is 0.250. The summed E-state index contributed by atoms with van der Waals surface area (Å²) >= 11 is 3.95. The Balaban J connectivity index is 1.48. The van der Waals surface area contributed by atoms with Crippen LogP contribution >= 0.6 is 34.9 Å². The number of carboxylic acids is 1. The largest absolute Gasteiger partial charge is 0.477 e. The van der Waals surface area contributed by atoms with Gasteiger partial charge in [-0.15, -0.1) is 40.0 Å². The molecule has 4 heterocycles. The molecule has 2 aliphatic rings. The van der Waals surface area contributed by atoms with Gasteiger partial charge in [-0.3, -0.25) is 19.6 Å². The zero-order chi connectivity index (χ0) is 22.8. The van der Waals surface area contributed by atoms with E-state index in [0.717, 1.165) is 0 Å². The predicted octanol–water partition coefficient (Wildman–Crippen LogP) is 0.107. The van der Waals surface area contributed by atoms with Crippen molar-refractivity contribution in [2.24, 2.45) is 5.73 Å². The third-order valence-corrected chi connectivity index (χ3v) is 8.00. The highest BCUT2D eigenvalue weighted by Gasteiger charge is 2.54. The lowest BCUT2D eigenvalue weighted by atomic mass is 10.0. The molecule has 6 N–H and O–H groups in total. The van der Waals surface area contributed by atoms with Crippen LogP contribution in [0.15, 0.2) is 40.0 Å². The number of carbonyl (C=O) groups is 4. The first-order chi connectivity index (χ1) is 15.4. The van der Waals surface area contributed by atoms with E-state index in [0.29, 0.717) is 27.0 Å². The fraction of sp³-hybridized carbons (Fsp3) is 0.294. The van der Waals surface area contributed by atoms with Crippen LogP contribution in [0.1, 0.15) is 10.9 Å². The fourth-order valence-electron chi connectivity index (χ4n) is 3.32. The van der Waals surface area contributed by atoms with Crippen molar-refractivity contribution in [3.63, 3.8) is 0 Å². The third-order valence-electron chi connectivity index (χ3n) is 4.72. The second-order valence-electron chi connectivity index (χ2n) is 6.72. The molecule has 2 aromatic rings. The average Bonchev–Trinajstić information content (AvgIpc) is 3.47. The average molecular weight is 496 g/mol. The summed E-state index contributed by atoms with van der Waals surface area (Å²) in [6, 6.07) is 0.550. The van der Waals surface area contributed by atoms with Gasteiger partial charge in [0, 0.05) is 16.4 Å². The molecule has 32 heavy (non-hydrogen) atoms. The Morgan fingerprint density at radius 3 is 2.88 bits per heavy atom. The SMILES string of the molecule is NC(=O)NC(C(=O)N[C@H]1C(=O)N2C(C(=O)O)=C(CSc3cnn[nH]3)CSC12)c1cccs1. The summed E-state index contributed by atoms with van der Waals surface area (Å²) in [7, 11) is 0. The lowest BCUT2D eigenvalue weighted by Crippen LogP contribution is -2.71. The van der Waals surface area contributed by atoms with E-state index in [-0.39, 0.29) is 5.70 Å². The Labute approximate surface area is 193 Å². The van der Waals surface area contributed by atoms with E-state index in [1.165, 1.54) is 46.0 Å². The maximum atomic E-state index is 12.8.